The van der Waals surface area contributed by atoms with Crippen molar-refractivity contribution in [2.24, 2.45) is 17.6 Å². The van der Waals surface area contributed by atoms with Gasteiger partial charge < -0.3 is 5.73 Å². The summed E-state index contributed by atoms with van der Waals surface area (Å²) in [6.45, 7) is 5.96. The summed E-state index contributed by atoms with van der Waals surface area (Å²) in [6, 6.07) is 3.91. The number of rotatable bonds is 2. The van der Waals surface area contributed by atoms with Gasteiger partial charge in [-0.3, -0.25) is 0 Å². The first-order valence-electron chi connectivity index (χ1n) is 7.01. The Morgan fingerprint density at radius 3 is 2.11 bits per heavy atom. The highest BCUT2D eigenvalue weighted by Crippen LogP contribution is 2.36. The first-order valence-corrected chi connectivity index (χ1v) is 7.01. The van der Waals surface area contributed by atoms with E-state index in [2.05, 4.69) is 6.92 Å². The normalized spacial score (nSPS) is 26.1. The smallest absolute Gasteiger partial charge is 0.129 e. The third kappa shape index (κ3) is 2.74. The Labute approximate surface area is 110 Å². The zero-order valence-electron chi connectivity index (χ0n) is 11.7. The van der Waals surface area contributed by atoms with Crippen LogP contribution >= 0.6 is 0 Å². The van der Waals surface area contributed by atoms with Crippen LogP contribution in [0, 0.1) is 31.5 Å². The van der Waals surface area contributed by atoms with Crippen LogP contribution in [-0.4, -0.2) is 0 Å². The molecule has 0 bridgehead atoms. The zero-order valence-corrected chi connectivity index (χ0v) is 11.7. The molecule has 0 aromatic heterocycles. The largest absolute Gasteiger partial charge is 0.324 e. The predicted octanol–water partition coefficient (Wildman–Crippen LogP) is 4.27. The fraction of sp³-hybridized carbons (Fsp3) is 0.625. The summed E-state index contributed by atoms with van der Waals surface area (Å²) in [4.78, 5) is 0. The molecular formula is C16H24FN. The highest BCUT2D eigenvalue weighted by molar-refractivity contribution is 5.32. The predicted molar refractivity (Wildman–Crippen MR) is 73.9 cm³/mol. The molecule has 2 rings (SSSR count). The van der Waals surface area contributed by atoms with E-state index in [4.69, 9.17) is 5.73 Å². The van der Waals surface area contributed by atoms with Crippen LogP contribution in [-0.2, 0) is 0 Å². The molecule has 2 heteroatoms. The van der Waals surface area contributed by atoms with Gasteiger partial charge in [-0.05, 0) is 55.2 Å². The Balaban J connectivity index is 2.16. The monoisotopic (exact) mass is 249 g/mol. The van der Waals surface area contributed by atoms with E-state index in [1.54, 1.807) is 0 Å². The minimum atomic E-state index is -0.0942. The lowest BCUT2D eigenvalue weighted by Gasteiger charge is -2.31. The van der Waals surface area contributed by atoms with Gasteiger partial charge in [0, 0.05) is 6.04 Å². The molecule has 2 N–H and O–H groups in total. The van der Waals surface area contributed by atoms with Gasteiger partial charge in [0.25, 0.3) is 0 Å². The van der Waals surface area contributed by atoms with E-state index in [1.165, 1.54) is 25.7 Å². The quantitative estimate of drug-likeness (QED) is 0.832. The Hall–Kier alpha value is -0.890. The van der Waals surface area contributed by atoms with Crippen LogP contribution in [0.3, 0.4) is 0 Å². The van der Waals surface area contributed by atoms with Crippen LogP contribution in [0.5, 0.6) is 0 Å². The van der Waals surface area contributed by atoms with Crippen LogP contribution < -0.4 is 5.73 Å². The molecule has 1 nitrogen and oxygen atoms in total. The van der Waals surface area contributed by atoms with Gasteiger partial charge in [0.1, 0.15) is 5.82 Å². The Bertz CT molecular complexity index is 396. The van der Waals surface area contributed by atoms with Gasteiger partial charge in [-0.1, -0.05) is 31.9 Å². The molecule has 0 saturated heterocycles. The lowest BCUT2D eigenvalue weighted by Crippen LogP contribution is -2.25. The van der Waals surface area contributed by atoms with Gasteiger partial charge >= 0.3 is 0 Å². The second-order valence-corrected chi connectivity index (χ2v) is 6.01. The maximum Gasteiger partial charge on any atom is 0.129 e. The summed E-state index contributed by atoms with van der Waals surface area (Å²) in [5.41, 5.74) is 8.91. The van der Waals surface area contributed by atoms with Gasteiger partial charge in [-0.2, -0.15) is 0 Å². The Morgan fingerprint density at radius 2 is 1.61 bits per heavy atom. The average molecular weight is 249 g/mol. The lowest BCUT2D eigenvalue weighted by atomic mass is 9.77. The number of halogens is 1. The second kappa shape index (κ2) is 5.40. The third-order valence-electron chi connectivity index (χ3n) is 4.41. The Kier molecular flexibility index (Phi) is 4.06. The van der Waals surface area contributed by atoms with Crippen molar-refractivity contribution in [2.45, 2.75) is 52.5 Å². The molecule has 1 aliphatic carbocycles. The highest BCUT2D eigenvalue weighted by Gasteiger charge is 2.25. The van der Waals surface area contributed by atoms with Crippen molar-refractivity contribution in [1.29, 1.82) is 0 Å². The van der Waals surface area contributed by atoms with Crippen molar-refractivity contribution in [3.8, 4) is 0 Å². The number of benzene rings is 1. The first-order chi connectivity index (χ1) is 8.49. The number of hydrogen-bond acceptors (Lipinski definition) is 1. The van der Waals surface area contributed by atoms with Gasteiger partial charge in [0.05, 0.1) is 0 Å². The van der Waals surface area contributed by atoms with Crippen molar-refractivity contribution in [3.05, 3.63) is 34.6 Å². The molecule has 0 amide bonds. The van der Waals surface area contributed by atoms with Crippen molar-refractivity contribution < 1.29 is 4.39 Å². The number of aryl methyl sites for hydroxylation is 2. The van der Waals surface area contributed by atoms with E-state index in [0.717, 1.165) is 11.5 Å². The summed E-state index contributed by atoms with van der Waals surface area (Å²) >= 11 is 0. The maximum absolute atomic E-state index is 13.6. The third-order valence-corrected chi connectivity index (χ3v) is 4.41. The molecule has 1 aliphatic rings. The standard InChI is InChI=1S/C16H24FN/c1-10-4-6-13(7-5-10)16(18)14-8-11(2)15(17)12(3)9-14/h8-10,13,16H,4-7,18H2,1-3H3. The van der Waals surface area contributed by atoms with Crippen molar-refractivity contribution in [1.82, 2.24) is 0 Å². The van der Waals surface area contributed by atoms with E-state index >= 15 is 0 Å². The van der Waals surface area contributed by atoms with Crippen molar-refractivity contribution >= 4 is 0 Å². The minimum absolute atomic E-state index is 0.0653. The van der Waals surface area contributed by atoms with Crippen LogP contribution in [0.15, 0.2) is 12.1 Å². The second-order valence-electron chi connectivity index (χ2n) is 6.01. The Morgan fingerprint density at radius 1 is 1.11 bits per heavy atom. The molecule has 0 heterocycles. The van der Waals surface area contributed by atoms with Gasteiger partial charge in [-0.25, -0.2) is 4.39 Å². The van der Waals surface area contributed by atoms with E-state index in [0.29, 0.717) is 17.0 Å². The molecule has 1 aromatic carbocycles. The molecule has 100 valence electrons. The number of nitrogens with two attached hydrogens (primary N) is 1. The minimum Gasteiger partial charge on any atom is -0.324 e. The van der Waals surface area contributed by atoms with Crippen molar-refractivity contribution in [3.63, 3.8) is 0 Å². The van der Waals surface area contributed by atoms with E-state index in [1.807, 2.05) is 26.0 Å². The van der Waals surface area contributed by atoms with Gasteiger partial charge in [0.2, 0.25) is 0 Å². The summed E-state index contributed by atoms with van der Waals surface area (Å²) in [5, 5.41) is 0. The van der Waals surface area contributed by atoms with Gasteiger partial charge in [-0.15, -0.1) is 0 Å². The SMILES string of the molecule is Cc1cc(C(N)C2CCC(C)CC2)cc(C)c1F. The molecular weight excluding hydrogens is 225 g/mol. The van der Waals surface area contributed by atoms with E-state index in [-0.39, 0.29) is 11.9 Å². The molecule has 0 aliphatic heterocycles. The van der Waals surface area contributed by atoms with Crippen LogP contribution in [0.1, 0.15) is 55.3 Å². The fourth-order valence-electron chi connectivity index (χ4n) is 3.09. The lowest BCUT2D eigenvalue weighted by molar-refractivity contribution is 0.256. The molecule has 0 spiro atoms. The summed E-state index contributed by atoms with van der Waals surface area (Å²) in [7, 11) is 0. The highest BCUT2D eigenvalue weighted by atomic mass is 19.1. The van der Waals surface area contributed by atoms with Crippen LogP contribution in [0.4, 0.5) is 4.39 Å². The zero-order chi connectivity index (χ0) is 13.3. The molecule has 1 atom stereocenters. The first kappa shape index (κ1) is 13.5. The topological polar surface area (TPSA) is 26.0 Å². The van der Waals surface area contributed by atoms with E-state index in [9.17, 15) is 4.39 Å². The molecule has 18 heavy (non-hydrogen) atoms. The molecule has 0 radical (unpaired) electrons. The summed E-state index contributed by atoms with van der Waals surface area (Å²) < 4.78 is 13.6. The van der Waals surface area contributed by atoms with Crippen molar-refractivity contribution in [2.75, 3.05) is 0 Å². The maximum atomic E-state index is 13.6. The average Bonchev–Trinajstić information content (AvgIpc) is 2.35. The van der Waals surface area contributed by atoms with Gasteiger partial charge in [0.15, 0.2) is 0 Å². The molecule has 1 saturated carbocycles. The van der Waals surface area contributed by atoms with E-state index < -0.39 is 0 Å². The van der Waals surface area contributed by atoms with Crippen LogP contribution in [0.2, 0.25) is 0 Å². The molecule has 1 fully saturated rings. The molecule has 1 unspecified atom stereocenters. The van der Waals surface area contributed by atoms with Crippen LogP contribution in [0.25, 0.3) is 0 Å². The summed E-state index contributed by atoms with van der Waals surface area (Å²) in [5.74, 6) is 1.30. The summed E-state index contributed by atoms with van der Waals surface area (Å²) in [6.07, 6.45) is 4.96. The molecule has 1 aromatic rings. The fourth-order valence-corrected chi connectivity index (χ4v) is 3.09. The number of hydrogen-bond donors (Lipinski definition) is 1.